The molecule has 1 amide bonds. The smallest absolute Gasteiger partial charge is 0.374 e. The number of likely N-dealkylation sites (tertiary alicyclic amines) is 1. The van der Waals surface area contributed by atoms with E-state index in [4.69, 9.17) is 5.73 Å². The van der Waals surface area contributed by atoms with Crippen molar-refractivity contribution in [3.05, 3.63) is 11.8 Å². The first-order valence-corrected chi connectivity index (χ1v) is 9.61. The van der Waals surface area contributed by atoms with Gasteiger partial charge >= 0.3 is 6.18 Å². The Morgan fingerprint density at radius 1 is 1.45 bits per heavy atom. The molecule has 0 aromatic carbocycles. The zero-order valence-electron chi connectivity index (χ0n) is 16.0. The zero-order valence-corrected chi connectivity index (χ0v) is 16.0. The van der Waals surface area contributed by atoms with Gasteiger partial charge in [-0.25, -0.2) is 0 Å². The molecule has 160 valence electrons. The average Bonchev–Trinajstić information content (AvgIpc) is 3.31. The summed E-state index contributed by atoms with van der Waals surface area (Å²) in [6.45, 7) is -0.681. The molecule has 1 aliphatic heterocycles. The lowest BCUT2D eigenvalue weighted by molar-refractivity contribution is -0.150. The van der Waals surface area contributed by atoms with Crippen LogP contribution in [0.5, 0.6) is 0 Å². The predicted molar refractivity (Wildman–Crippen MR) is 97.3 cm³/mol. The van der Waals surface area contributed by atoms with Gasteiger partial charge in [-0.2, -0.15) is 23.5 Å². The molecule has 2 fully saturated rings. The molecule has 1 aliphatic carbocycles. The summed E-state index contributed by atoms with van der Waals surface area (Å²) in [7, 11) is 0. The lowest BCUT2D eigenvalue weighted by atomic mass is 9.85. The Kier molecular flexibility index (Phi) is 6.16. The highest BCUT2D eigenvalue weighted by molar-refractivity contribution is 5.90. The van der Waals surface area contributed by atoms with Crippen LogP contribution in [-0.4, -0.2) is 51.5 Å². The van der Waals surface area contributed by atoms with Crippen LogP contribution in [0.25, 0.3) is 0 Å². The number of halogens is 3. The van der Waals surface area contributed by atoms with Crippen molar-refractivity contribution in [2.45, 2.75) is 56.5 Å². The van der Waals surface area contributed by atoms with Crippen molar-refractivity contribution in [3.8, 4) is 6.07 Å². The highest BCUT2D eigenvalue weighted by atomic mass is 19.4. The third-order valence-electron chi connectivity index (χ3n) is 5.57. The van der Waals surface area contributed by atoms with Crippen molar-refractivity contribution < 1.29 is 23.1 Å². The molecule has 0 radical (unpaired) electrons. The Bertz CT molecular complexity index is 774. The Balaban J connectivity index is 1.79. The number of amides is 1. The number of nitrogens with one attached hydrogen (secondary N) is 1. The third kappa shape index (κ3) is 5.46. The number of rotatable bonds is 7. The number of nitrogens with zero attached hydrogens (tertiary/aromatic N) is 4. The first-order chi connectivity index (χ1) is 13.6. The number of carbonyl (C=O) groups excluding carboxylic acids is 1. The van der Waals surface area contributed by atoms with Crippen molar-refractivity contribution in [3.63, 3.8) is 0 Å². The Morgan fingerprint density at radius 3 is 2.62 bits per heavy atom. The zero-order chi connectivity index (χ0) is 21.2. The van der Waals surface area contributed by atoms with Gasteiger partial charge in [0, 0.05) is 25.7 Å². The minimum absolute atomic E-state index is 0.0457. The van der Waals surface area contributed by atoms with E-state index in [-0.39, 0.29) is 49.6 Å². The summed E-state index contributed by atoms with van der Waals surface area (Å²) >= 11 is 0. The fraction of sp³-hybridized carbons (Fsp3) is 0.722. The molecule has 0 bridgehead atoms. The average molecular weight is 414 g/mol. The second kappa shape index (κ2) is 8.30. The highest BCUT2D eigenvalue weighted by Gasteiger charge is 2.41. The van der Waals surface area contributed by atoms with Crippen LogP contribution in [0.1, 0.15) is 50.3 Å². The second-order valence-corrected chi connectivity index (χ2v) is 7.97. The number of nitriles is 1. The maximum absolute atomic E-state index is 12.7. The molecule has 1 aromatic rings. The van der Waals surface area contributed by atoms with Crippen LogP contribution in [0.2, 0.25) is 0 Å². The summed E-state index contributed by atoms with van der Waals surface area (Å²) < 4.78 is 39.5. The molecule has 8 nitrogen and oxygen atoms in total. The van der Waals surface area contributed by atoms with E-state index in [1.54, 1.807) is 0 Å². The van der Waals surface area contributed by atoms with Crippen LogP contribution in [0.4, 0.5) is 19.0 Å². The number of aliphatic hydroxyl groups excluding tert-OH is 1. The van der Waals surface area contributed by atoms with Gasteiger partial charge in [-0.3, -0.25) is 14.4 Å². The van der Waals surface area contributed by atoms with Gasteiger partial charge in [-0.05, 0) is 31.6 Å². The molecule has 1 aromatic heterocycles. The Labute approximate surface area is 166 Å². The van der Waals surface area contributed by atoms with Gasteiger partial charge in [-0.1, -0.05) is 0 Å². The number of alkyl halides is 3. The number of carbonyl (C=O) groups is 1. The summed E-state index contributed by atoms with van der Waals surface area (Å²) in [5.74, 6) is 0.265. The van der Waals surface area contributed by atoms with Gasteiger partial charge in [0.1, 0.15) is 6.23 Å². The largest absolute Gasteiger partial charge is 0.401 e. The summed E-state index contributed by atoms with van der Waals surface area (Å²) in [5.41, 5.74) is 5.00. The molecule has 4 N–H and O–H groups in total. The number of piperidine rings is 1. The molecule has 1 saturated heterocycles. The van der Waals surface area contributed by atoms with Gasteiger partial charge in [0.25, 0.3) is 0 Å². The summed E-state index contributed by atoms with van der Waals surface area (Å²) in [6, 6.07) is 2.09. The molecule has 3 rings (SSSR count). The molecule has 1 atom stereocenters. The second-order valence-electron chi connectivity index (χ2n) is 7.97. The molecule has 1 unspecified atom stereocenters. The van der Waals surface area contributed by atoms with Gasteiger partial charge in [0.2, 0.25) is 5.91 Å². The van der Waals surface area contributed by atoms with Gasteiger partial charge in [0.15, 0.2) is 5.82 Å². The van der Waals surface area contributed by atoms with Crippen LogP contribution in [0.15, 0.2) is 6.20 Å². The summed E-state index contributed by atoms with van der Waals surface area (Å²) in [5, 5.41) is 26.2. The Morgan fingerprint density at radius 2 is 2.10 bits per heavy atom. The molecule has 2 aliphatic rings. The van der Waals surface area contributed by atoms with Crippen molar-refractivity contribution in [2.75, 3.05) is 25.0 Å². The third-order valence-corrected chi connectivity index (χ3v) is 5.57. The maximum Gasteiger partial charge on any atom is 0.401 e. The van der Waals surface area contributed by atoms with E-state index in [1.807, 2.05) is 0 Å². The van der Waals surface area contributed by atoms with Crippen LogP contribution >= 0.6 is 0 Å². The van der Waals surface area contributed by atoms with Crippen LogP contribution < -0.4 is 11.1 Å². The number of aliphatic hydroxyl groups is 1. The van der Waals surface area contributed by atoms with Crippen molar-refractivity contribution >= 4 is 11.7 Å². The molecule has 29 heavy (non-hydrogen) atoms. The number of aromatic nitrogens is 2. The molecule has 0 spiro atoms. The predicted octanol–water partition coefficient (Wildman–Crippen LogP) is 1.84. The first kappa shape index (κ1) is 21.5. The van der Waals surface area contributed by atoms with E-state index in [0.717, 1.165) is 12.8 Å². The molecular weight excluding hydrogens is 389 g/mol. The minimum atomic E-state index is -4.28. The van der Waals surface area contributed by atoms with Gasteiger partial charge in [0.05, 0.1) is 30.1 Å². The van der Waals surface area contributed by atoms with E-state index in [0.29, 0.717) is 12.3 Å². The highest BCUT2D eigenvalue weighted by Crippen LogP contribution is 2.36. The Hall–Kier alpha value is -2.16. The number of hydrogen-bond donors (Lipinski definition) is 3. The van der Waals surface area contributed by atoms with E-state index in [2.05, 4.69) is 16.5 Å². The van der Waals surface area contributed by atoms with Crippen molar-refractivity contribution in [1.29, 1.82) is 5.26 Å². The standard InChI is InChI=1S/C18H25F3N6O2/c19-18(20,21)11-26-7-4-17(3-6-22,5-8-26)27-10-13(15(23)29)16(25-27)24-14(28)9-12-1-2-12/h10,12,15,29H,1-5,7-9,11,23H2,(H,24,25,28). The fourth-order valence-corrected chi connectivity index (χ4v) is 3.73. The number of hydrogen-bond acceptors (Lipinski definition) is 6. The quantitative estimate of drug-likeness (QED) is 0.586. The van der Waals surface area contributed by atoms with Crippen LogP contribution in [0, 0.1) is 17.2 Å². The molecule has 11 heteroatoms. The molecular formula is C18H25F3N6O2. The lowest BCUT2D eigenvalue weighted by Crippen LogP contribution is -2.48. The monoisotopic (exact) mass is 414 g/mol. The van der Waals surface area contributed by atoms with E-state index in [1.165, 1.54) is 15.8 Å². The number of nitrogens with two attached hydrogens (primary N) is 1. The summed E-state index contributed by atoms with van der Waals surface area (Å²) in [4.78, 5) is 13.5. The van der Waals surface area contributed by atoms with Crippen LogP contribution in [-0.2, 0) is 10.3 Å². The normalized spacial score (nSPS) is 20.8. The van der Waals surface area contributed by atoms with E-state index < -0.39 is 24.5 Å². The lowest BCUT2D eigenvalue weighted by Gasteiger charge is -2.40. The molecule has 2 heterocycles. The van der Waals surface area contributed by atoms with Gasteiger partial charge in [-0.15, -0.1) is 0 Å². The van der Waals surface area contributed by atoms with Gasteiger partial charge < -0.3 is 16.2 Å². The topological polar surface area (TPSA) is 120 Å². The minimum Gasteiger partial charge on any atom is -0.374 e. The van der Waals surface area contributed by atoms with E-state index in [9.17, 15) is 28.3 Å². The van der Waals surface area contributed by atoms with Crippen LogP contribution in [0.3, 0.4) is 0 Å². The molecule has 1 saturated carbocycles. The van der Waals surface area contributed by atoms with Crippen molar-refractivity contribution in [1.82, 2.24) is 14.7 Å². The maximum atomic E-state index is 12.7. The fourth-order valence-electron chi connectivity index (χ4n) is 3.73. The van der Waals surface area contributed by atoms with E-state index >= 15 is 0 Å². The first-order valence-electron chi connectivity index (χ1n) is 9.61. The summed E-state index contributed by atoms with van der Waals surface area (Å²) in [6.07, 6.45) is -1.19. The van der Waals surface area contributed by atoms with Crippen molar-refractivity contribution in [2.24, 2.45) is 11.7 Å². The SMILES string of the molecule is N#CCC1(n2cc(C(N)O)c(NC(=O)CC3CC3)n2)CCN(CC(F)(F)F)CC1. The number of anilines is 1.